The minimum absolute atomic E-state index is 0.00475. The fourth-order valence-electron chi connectivity index (χ4n) is 3.78. The van der Waals surface area contributed by atoms with Crippen LogP contribution in [0.3, 0.4) is 0 Å². The van der Waals surface area contributed by atoms with Gasteiger partial charge in [0.05, 0.1) is 26.7 Å². The zero-order valence-electron chi connectivity index (χ0n) is 17.7. The molecule has 162 valence electrons. The van der Waals surface area contributed by atoms with Crippen molar-refractivity contribution in [3.05, 3.63) is 52.2 Å². The van der Waals surface area contributed by atoms with Gasteiger partial charge < -0.3 is 28.8 Å². The lowest BCUT2D eigenvalue weighted by molar-refractivity contribution is 0.0733. The first-order valence-corrected chi connectivity index (χ1v) is 9.95. The summed E-state index contributed by atoms with van der Waals surface area (Å²) in [6, 6.07) is 10.2. The fraction of sp³-hybridized carbons (Fsp3) is 0.304. The molecule has 1 fully saturated rings. The predicted octanol–water partition coefficient (Wildman–Crippen LogP) is 2.53. The van der Waals surface area contributed by atoms with Gasteiger partial charge in [-0.1, -0.05) is 12.1 Å². The Bertz CT molecular complexity index is 1160. The van der Waals surface area contributed by atoms with Crippen LogP contribution in [-0.4, -0.2) is 58.3 Å². The van der Waals surface area contributed by atoms with E-state index in [9.17, 15) is 9.59 Å². The third-order valence-corrected chi connectivity index (χ3v) is 5.34. The van der Waals surface area contributed by atoms with Crippen molar-refractivity contribution in [1.29, 1.82) is 0 Å². The third kappa shape index (κ3) is 3.70. The SMILES string of the molecule is COc1cc(-c2oc3ccccc3c(=O)c2C(=O)N2CCNCC2)cc(OC)c1OC. The molecule has 1 aromatic heterocycles. The minimum Gasteiger partial charge on any atom is -0.493 e. The zero-order chi connectivity index (χ0) is 22.0. The second kappa shape index (κ2) is 8.69. The van der Waals surface area contributed by atoms with Gasteiger partial charge >= 0.3 is 0 Å². The van der Waals surface area contributed by atoms with Crippen molar-refractivity contribution in [3.63, 3.8) is 0 Å². The summed E-state index contributed by atoms with van der Waals surface area (Å²) < 4.78 is 22.4. The zero-order valence-corrected chi connectivity index (χ0v) is 17.7. The van der Waals surface area contributed by atoms with Crippen LogP contribution in [0.15, 0.2) is 45.6 Å². The summed E-state index contributed by atoms with van der Waals surface area (Å²) in [7, 11) is 4.52. The number of piperazine rings is 1. The second-order valence-corrected chi connectivity index (χ2v) is 7.09. The number of hydrogen-bond acceptors (Lipinski definition) is 7. The summed E-state index contributed by atoms with van der Waals surface area (Å²) in [6.07, 6.45) is 0. The number of fused-ring (bicyclic) bond motifs is 1. The van der Waals surface area contributed by atoms with Gasteiger partial charge in [0.15, 0.2) is 17.3 Å². The summed E-state index contributed by atoms with van der Waals surface area (Å²) in [6.45, 7) is 2.37. The van der Waals surface area contributed by atoms with Crippen LogP contribution < -0.4 is 25.0 Å². The molecule has 0 unspecified atom stereocenters. The van der Waals surface area contributed by atoms with E-state index in [-0.39, 0.29) is 22.7 Å². The molecule has 1 saturated heterocycles. The summed E-state index contributed by atoms with van der Waals surface area (Å²) in [4.78, 5) is 28.5. The van der Waals surface area contributed by atoms with Crippen molar-refractivity contribution in [1.82, 2.24) is 10.2 Å². The van der Waals surface area contributed by atoms with Crippen molar-refractivity contribution in [2.75, 3.05) is 47.5 Å². The average Bonchev–Trinajstić information content (AvgIpc) is 2.83. The number of hydrogen-bond donors (Lipinski definition) is 1. The molecule has 0 atom stereocenters. The normalized spacial score (nSPS) is 13.8. The van der Waals surface area contributed by atoms with Crippen LogP contribution in [-0.2, 0) is 0 Å². The molecule has 0 radical (unpaired) electrons. The number of amides is 1. The van der Waals surface area contributed by atoms with Gasteiger partial charge in [0, 0.05) is 31.7 Å². The van der Waals surface area contributed by atoms with Crippen molar-refractivity contribution in [3.8, 4) is 28.6 Å². The minimum atomic E-state index is -0.367. The summed E-state index contributed by atoms with van der Waals surface area (Å²) in [5, 5.41) is 3.57. The quantitative estimate of drug-likeness (QED) is 0.673. The van der Waals surface area contributed by atoms with E-state index in [1.807, 2.05) is 0 Å². The molecule has 31 heavy (non-hydrogen) atoms. The molecule has 0 saturated carbocycles. The molecule has 1 aliphatic heterocycles. The standard InChI is InChI=1S/C23H24N2O6/c1-28-17-12-14(13-18(29-2)22(17)30-3)21-19(23(27)25-10-8-24-9-11-25)20(26)15-6-4-5-7-16(15)31-21/h4-7,12-13,24H,8-11H2,1-3H3. The maximum Gasteiger partial charge on any atom is 0.261 e. The Kier molecular flexibility index (Phi) is 5.81. The van der Waals surface area contributed by atoms with E-state index < -0.39 is 0 Å². The second-order valence-electron chi connectivity index (χ2n) is 7.09. The first kappa shape index (κ1) is 20.7. The van der Waals surface area contributed by atoms with Crippen LogP contribution in [0.1, 0.15) is 10.4 Å². The van der Waals surface area contributed by atoms with Gasteiger partial charge in [0.2, 0.25) is 11.2 Å². The molecule has 1 N–H and O–H groups in total. The fourth-order valence-corrected chi connectivity index (χ4v) is 3.78. The van der Waals surface area contributed by atoms with Gasteiger partial charge in [-0.2, -0.15) is 0 Å². The van der Waals surface area contributed by atoms with Crippen LogP contribution in [0.5, 0.6) is 17.2 Å². The van der Waals surface area contributed by atoms with Crippen LogP contribution in [0.25, 0.3) is 22.3 Å². The van der Waals surface area contributed by atoms with E-state index in [1.165, 1.54) is 21.3 Å². The Morgan fingerprint density at radius 2 is 1.65 bits per heavy atom. The topological polar surface area (TPSA) is 90.2 Å². The number of rotatable bonds is 5. The first-order valence-electron chi connectivity index (χ1n) is 9.95. The Hall–Kier alpha value is -3.52. The van der Waals surface area contributed by atoms with Crippen molar-refractivity contribution >= 4 is 16.9 Å². The monoisotopic (exact) mass is 424 g/mol. The lowest BCUT2D eigenvalue weighted by atomic mass is 10.0. The molecule has 0 spiro atoms. The maximum atomic E-state index is 13.4. The number of carbonyl (C=O) groups is 1. The van der Waals surface area contributed by atoms with Crippen LogP contribution in [0.2, 0.25) is 0 Å². The highest BCUT2D eigenvalue weighted by Gasteiger charge is 2.28. The Balaban J connectivity index is 1.99. The molecule has 4 rings (SSSR count). The van der Waals surface area contributed by atoms with Gasteiger partial charge in [-0.3, -0.25) is 9.59 Å². The van der Waals surface area contributed by atoms with Gasteiger partial charge in [0.1, 0.15) is 11.1 Å². The molecule has 1 amide bonds. The average molecular weight is 424 g/mol. The highest BCUT2D eigenvalue weighted by molar-refractivity contribution is 6.02. The molecular formula is C23H24N2O6. The number of carbonyl (C=O) groups excluding carboxylic acids is 1. The molecule has 2 aromatic carbocycles. The van der Waals surface area contributed by atoms with Crippen LogP contribution in [0.4, 0.5) is 0 Å². The van der Waals surface area contributed by atoms with E-state index in [1.54, 1.807) is 41.3 Å². The van der Waals surface area contributed by atoms with Gasteiger partial charge in [-0.25, -0.2) is 0 Å². The maximum absolute atomic E-state index is 13.4. The van der Waals surface area contributed by atoms with Gasteiger partial charge in [-0.05, 0) is 24.3 Å². The van der Waals surface area contributed by atoms with E-state index in [0.717, 1.165) is 0 Å². The molecule has 1 aliphatic rings. The lowest BCUT2D eigenvalue weighted by Crippen LogP contribution is -2.47. The Morgan fingerprint density at radius 1 is 1.00 bits per heavy atom. The number of benzene rings is 2. The van der Waals surface area contributed by atoms with E-state index in [2.05, 4.69) is 5.32 Å². The molecule has 0 bridgehead atoms. The molecule has 3 aromatic rings. The van der Waals surface area contributed by atoms with Crippen molar-refractivity contribution in [2.45, 2.75) is 0 Å². The molecule has 8 heteroatoms. The highest BCUT2D eigenvalue weighted by atomic mass is 16.5. The molecule has 2 heterocycles. The predicted molar refractivity (Wildman–Crippen MR) is 116 cm³/mol. The number of ether oxygens (including phenoxy) is 3. The van der Waals surface area contributed by atoms with E-state index in [0.29, 0.717) is 60.0 Å². The summed E-state index contributed by atoms with van der Waals surface area (Å²) in [5.41, 5.74) is 0.507. The number of nitrogens with zero attached hydrogens (tertiary/aromatic N) is 1. The summed E-state index contributed by atoms with van der Waals surface area (Å²) >= 11 is 0. The highest BCUT2D eigenvalue weighted by Crippen LogP contribution is 2.42. The lowest BCUT2D eigenvalue weighted by Gasteiger charge is -2.27. The Labute approximate surface area is 179 Å². The molecule has 8 nitrogen and oxygen atoms in total. The van der Waals surface area contributed by atoms with Crippen LogP contribution >= 0.6 is 0 Å². The molecular weight excluding hydrogens is 400 g/mol. The Morgan fingerprint density at radius 3 is 2.26 bits per heavy atom. The largest absolute Gasteiger partial charge is 0.493 e. The number of nitrogens with one attached hydrogen (secondary N) is 1. The molecule has 0 aliphatic carbocycles. The van der Waals surface area contributed by atoms with Gasteiger partial charge in [0.25, 0.3) is 5.91 Å². The summed E-state index contributed by atoms with van der Waals surface area (Å²) in [5.74, 6) is 1.02. The number of para-hydroxylation sites is 1. The van der Waals surface area contributed by atoms with E-state index >= 15 is 0 Å². The van der Waals surface area contributed by atoms with Gasteiger partial charge in [-0.15, -0.1) is 0 Å². The third-order valence-electron chi connectivity index (χ3n) is 5.34. The van der Waals surface area contributed by atoms with Crippen molar-refractivity contribution in [2.24, 2.45) is 0 Å². The smallest absolute Gasteiger partial charge is 0.261 e. The van der Waals surface area contributed by atoms with Crippen LogP contribution in [0, 0.1) is 0 Å². The van der Waals surface area contributed by atoms with E-state index in [4.69, 9.17) is 18.6 Å². The van der Waals surface area contributed by atoms with Crippen molar-refractivity contribution < 1.29 is 23.4 Å². The number of methoxy groups -OCH3 is 3. The first-order chi connectivity index (χ1) is 15.1.